The molecule has 7 nitrogen and oxygen atoms in total. The topological polar surface area (TPSA) is 84.9 Å². The van der Waals surface area contributed by atoms with Crippen molar-refractivity contribution >= 4 is 29.5 Å². The Morgan fingerprint density at radius 3 is 2.44 bits per heavy atom. The van der Waals surface area contributed by atoms with Crippen LogP contribution in [0.3, 0.4) is 0 Å². The molecule has 1 heterocycles. The predicted octanol–water partition coefficient (Wildman–Crippen LogP) is 1.94. The van der Waals surface area contributed by atoms with Gasteiger partial charge in [0.15, 0.2) is 6.61 Å². The number of thioether (sulfide) groups is 1. The molecule has 1 aromatic carbocycles. The number of likely N-dealkylation sites (tertiary alicyclic amines) is 1. The molecule has 2 atom stereocenters. The second kappa shape index (κ2) is 9.45. The Balaban J connectivity index is 2.05. The van der Waals surface area contributed by atoms with Gasteiger partial charge in [-0.25, -0.2) is 4.79 Å². The minimum absolute atomic E-state index is 0.191. The van der Waals surface area contributed by atoms with E-state index in [0.29, 0.717) is 11.3 Å². The molecule has 8 heteroatoms. The third-order valence-corrected chi connectivity index (χ3v) is 5.06. The summed E-state index contributed by atoms with van der Waals surface area (Å²) in [5, 5.41) is 2.33. The molecule has 0 unspecified atom stereocenters. The Kier molecular flexibility index (Phi) is 7.29. The van der Waals surface area contributed by atoms with Crippen LogP contribution < -0.4 is 10.1 Å². The minimum Gasteiger partial charge on any atom is -0.484 e. The Hall–Kier alpha value is -2.48. The van der Waals surface area contributed by atoms with Crippen molar-refractivity contribution in [1.82, 2.24) is 10.2 Å². The molecule has 0 radical (unpaired) electrons. The zero-order valence-corrected chi connectivity index (χ0v) is 16.7. The zero-order chi connectivity index (χ0) is 20.0. The van der Waals surface area contributed by atoms with Crippen molar-refractivity contribution in [2.75, 3.05) is 19.5 Å². The smallest absolute Gasteiger partial charge is 0.354 e. The number of methoxy groups -OCH3 is 1. The van der Waals surface area contributed by atoms with Crippen molar-refractivity contribution in [3.8, 4) is 5.75 Å². The molecule has 27 heavy (non-hydrogen) atoms. The van der Waals surface area contributed by atoms with Gasteiger partial charge in [0.1, 0.15) is 22.9 Å². The molecule has 0 aliphatic carbocycles. The lowest BCUT2D eigenvalue weighted by Gasteiger charge is -2.47. The summed E-state index contributed by atoms with van der Waals surface area (Å²) in [6.07, 6.45) is 0. The molecular formula is C19H24N2O5S. The highest BCUT2D eigenvalue weighted by Crippen LogP contribution is 2.35. The first-order valence-electron chi connectivity index (χ1n) is 8.58. The van der Waals surface area contributed by atoms with Crippen LogP contribution in [-0.2, 0) is 19.1 Å². The van der Waals surface area contributed by atoms with Gasteiger partial charge in [-0.2, -0.15) is 0 Å². The van der Waals surface area contributed by atoms with E-state index >= 15 is 0 Å². The summed E-state index contributed by atoms with van der Waals surface area (Å²) in [7, 11) is 1.28. The van der Waals surface area contributed by atoms with E-state index in [2.05, 4.69) is 5.32 Å². The minimum atomic E-state index is -0.708. The van der Waals surface area contributed by atoms with E-state index in [1.807, 2.05) is 25.1 Å². The lowest BCUT2D eigenvalue weighted by atomic mass is 10.0. The van der Waals surface area contributed by atoms with Crippen LogP contribution in [0.1, 0.15) is 20.8 Å². The molecule has 2 rings (SSSR count). The third kappa shape index (κ3) is 4.82. The van der Waals surface area contributed by atoms with Crippen molar-refractivity contribution in [3.63, 3.8) is 0 Å². The number of rotatable bonds is 8. The van der Waals surface area contributed by atoms with Crippen LogP contribution in [0.25, 0.3) is 0 Å². The lowest BCUT2D eigenvalue weighted by molar-refractivity contribution is -0.151. The first kappa shape index (κ1) is 20.8. The highest BCUT2D eigenvalue weighted by molar-refractivity contribution is 8.00. The molecular weight excluding hydrogens is 368 g/mol. The van der Waals surface area contributed by atoms with Crippen molar-refractivity contribution in [2.45, 2.75) is 32.2 Å². The zero-order valence-electron chi connectivity index (χ0n) is 15.9. The first-order chi connectivity index (χ1) is 12.9. The normalized spacial score (nSPS) is 18.4. The number of nitrogens with one attached hydrogen (secondary N) is 1. The summed E-state index contributed by atoms with van der Waals surface area (Å²) in [6, 6.07) is 8.25. The predicted molar refractivity (Wildman–Crippen MR) is 103 cm³/mol. The van der Waals surface area contributed by atoms with Gasteiger partial charge in [-0.1, -0.05) is 25.1 Å². The van der Waals surface area contributed by atoms with Crippen LogP contribution in [0.15, 0.2) is 41.6 Å². The number of hydrogen-bond acceptors (Lipinski definition) is 6. The van der Waals surface area contributed by atoms with Crippen LogP contribution in [0.2, 0.25) is 0 Å². The van der Waals surface area contributed by atoms with Gasteiger partial charge in [0.2, 0.25) is 0 Å². The Morgan fingerprint density at radius 1 is 1.22 bits per heavy atom. The summed E-state index contributed by atoms with van der Waals surface area (Å²) < 4.78 is 10.2. The number of carbonyl (C=O) groups is 3. The van der Waals surface area contributed by atoms with Crippen LogP contribution in [0.5, 0.6) is 5.75 Å². The molecule has 0 spiro atoms. The van der Waals surface area contributed by atoms with Gasteiger partial charge in [0.25, 0.3) is 11.8 Å². The Morgan fingerprint density at radius 2 is 1.89 bits per heavy atom. The van der Waals surface area contributed by atoms with E-state index in [1.165, 1.54) is 23.8 Å². The van der Waals surface area contributed by atoms with Gasteiger partial charge >= 0.3 is 5.97 Å². The molecule has 1 aromatic rings. The summed E-state index contributed by atoms with van der Waals surface area (Å²) in [6.45, 7) is 5.24. The summed E-state index contributed by atoms with van der Waals surface area (Å²) in [5.41, 5.74) is 0.897. The highest BCUT2D eigenvalue weighted by Gasteiger charge is 2.51. The molecule has 0 bridgehead atoms. The van der Waals surface area contributed by atoms with Crippen LogP contribution in [0, 0.1) is 0 Å². The average Bonchev–Trinajstić information content (AvgIpc) is 2.67. The maximum absolute atomic E-state index is 12.6. The van der Waals surface area contributed by atoms with Gasteiger partial charge in [0.05, 0.1) is 7.11 Å². The Bertz CT molecular complexity index is 731. The SMILES string of the molecule is CCS[C@@H]1[C@H](NC(=O)COc2ccccc2)C(=O)N1C(C(=O)OC)=C(C)C. The van der Waals surface area contributed by atoms with E-state index < -0.39 is 17.9 Å². The Labute approximate surface area is 163 Å². The van der Waals surface area contributed by atoms with Crippen molar-refractivity contribution in [2.24, 2.45) is 0 Å². The molecule has 1 fully saturated rings. The van der Waals surface area contributed by atoms with Gasteiger partial charge in [-0.15, -0.1) is 11.8 Å². The second-order valence-corrected chi connectivity index (χ2v) is 7.43. The molecule has 1 aliphatic rings. The van der Waals surface area contributed by atoms with Gasteiger partial charge in [-0.05, 0) is 37.3 Å². The highest BCUT2D eigenvalue weighted by atomic mass is 32.2. The maximum atomic E-state index is 12.6. The fraction of sp³-hybridized carbons (Fsp3) is 0.421. The maximum Gasteiger partial charge on any atom is 0.354 e. The van der Waals surface area contributed by atoms with E-state index in [0.717, 1.165) is 5.75 Å². The number of β-lactam (4-membered cyclic amide) rings is 1. The first-order valence-corrected chi connectivity index (χ1v) is 9.63. The number of carbonyl (C=O) groups excluding carboxylic acids is 3. The fourth-order valence-corrected chi connectivity index (χ4v) is 3.77. The van der Waals surface area contributed by atoms with Gasteiger partial charge in [0, 0.05) is 0 Å². The molecule has 1 saturated heterocycles. The standard InChI is InChI=1S/C19H24N2O5S/c1-5-27-18-15(17(23)21(18)16(12(2)3)19(24)25-4)20-14(22)11-26-13-9-7-6-8-10-13/h6-10,15,18H,5,11H2,1-4H3,(H,20,22)/t15-,18-/m1/s1. The lowest BCUT2D eigenvalue weighted by Crippen LogP contribution is -2.69. The van der Waals surface area contributed by atoms with Crippen molar-refractivity contribution in [3.05, 3.63) is 41.6 Å². The molecule has 0 aromatic heterocycles. The summed E-state index contributed by atoms with van der Waals surface area (Å²) >= 11 is 1.48. The number of ether oxygens (including phenoxy) is 2. The van der Waals surface area contributed by atoms with Crippen LogP contribution >= 0.6 is 11.8 Å². The number of allylic oxidation sites excluding steroid dienone is 1. The summed E-state index contributed by atoms with van der Waals surface area (Å²) in [4.78, 5) is 38.3. The summed E-state index contributed by atoms with van der Waals surface area (Å²) in [5.74, 6) is -0.00196. The number of hydrogen-bond donors (Lipinski definition) is 1. The van der Waals surface area contributed by atoms with E-state index in [9.17, 15) is 14.4 Å². The van der Waals surface area contributed by atoms with Gasteiger partial charge in [-0.3, -0.25) is 14.5 Å². The van der Waals surface area contributed by atoms with Crippen molar-refractivity contribution < 1.29 is 23.9 Å². The van der Waals surface area contributed by atoms with Crippen LogP contribution in [0.4, 0.5) is 0 Å². The van der Waals surface area contributed by atoms with E-state index in [-0.39, 0.29) is 23.6 Å². The number of esters is 1. The second-order valence-electron chi connectivity index (χ2n) is 6.04. The van der Waals surface area contributed by atoms with E-state index in [4.69, 9.17) is 9.47 Å². The number of para-hydroxylation sites is 1. The molecule has 146 valence electrons. The molecule has 1 aliphatic heterocycles. The molecule has 2 amide bonds. The molecule has 0 saturated carbocycles. The number of nitrogens with zero attached hydrogens (tertiary/aromatic N) is 1. The number of amides is 2. The third-order valence-electron chi connectivity index (χ3n) is 3.90. The number of benzene rings is 1. The molecule has 1 N–H and O–H groups in total. The van der Waals surface area contributed by atoms with Crippen LogP contribution in [-0.4, -0.2) is 53.6 Å². The largest absolute Gasteiger partial charge is 0.484 e. The fourth-order valence-electron chi connectivity index (χ4n) is 2.70. The quantitative estimate of drug-likeness (QED) is 0.413. The van der Waals surface area contributed by atoms with E-state index in [1.54, 1.807) is 26.0 Å². The van der Waals surface area contributed by atoms with Crippen molar-refractivity contribution in [1.29, 1.82) is 0 Å². The van der Waals surface area contributed by atoms with Gasteiger partial charge < -0.3 is 14.8 Å². The monoisotopic (exact) mass is 392 g/mol. The average molecular weight is 392 g/mol.